The van der Waals surface area contributed by atoms with Gasteiger partial charge in [0.25, 0.3) is 0 Å². The molecule has 6 heteroatoms. The fourth-order valence-electron chi connectivity index (χ4n) is 3.55. The number of benzene rings is 1. The zero-order chi connectivity index (χ0) is 18.8. The largest absolute Gasteiger partial charge is 0.380 e. The number of anilines is 2. The van der Waals surface area contributed by atoms with Crippen LogP contribution in [0.1, 0.15) is 19.4 Å². The fraction of sp³-hybridized carbons (Fsp3) is 0.333. The Balaban J connectivity index is 1.45. The summed E-state index contributed by atoms with van der Waals surface area (Å²) in [5.74, 6) is 1.01. The summed E-state index contributed by atoms with van der Waals surface area (Å²) >= 11 is 3.50. The van der Waals surface area contributed by atoms with Crippen molar-refractivity contribution in [1.82, 2.24) is 9.97 Å². The van der Waals surface area contributed by atoms with E-state index >= 15 is 0 Å². The van der Waals surface area contributed by atoms with E-state index in [0.29, 0.717) is 0 Å². The topological polar surface area (TPSA) is 50.3 Å². The minimum Gasteiger partial charge on any atom is -0.380 e. The summed E-state index contributed by atoms with van der Waals surface area (Å²) in [6, 6.07) is 12.4. The van der Waals surface area contributed by atoms with Gasteiger partial charge in [0.1, 0.15) is 5.82 Å². The summed E-state index contributed by atoms with van der Waals surface area (Å²) in [5, 5.41) is 4.62. The highest BCUT2D eigenvalue weighted by Gasteiger charge is 2.22. The van der Waals surface area contributed by atoms with Crippen molar-refractivity contribution in [3.8, 4) is 0 Å². The molecule has 1 saturated heterocycles. The third kappa shape index (κ3) is 4.22. The predicted molar refractivity (Wildman–Crippen MR) is 113 cm³/mol. The summed E-state index contributed by atoms with van der Waals surface area (Å²) in [6.07, 6.45) is 4.25. The van der Waals surface area contributed by atoms with Crippen LogP contribution in [0.25, 0.3) is 10.9 Å². The Hall–Kier alpha value is -2.18. The molecule has 0 aliphatic carbocycles. The van der Waals surface area contributed by atoms with E-state index in [-0.39, 0.29) is 12.2 Å². The zero-order valence-electron chi connectivity index (χ0n) is 15.5. The minimum absolute atomic E-state index is 0.233. The Morgan fingerprint density at radius 1 is 1.11 bits per heavy atom. The monoisotopic (exact) mass is 426 g/mol. The van der Waals surface area contributed by atoms with Crippen LogP contribution in [-0.4, -0.2) is 35.3 Å². The van der Waals surface area contributed by atoms with Gasteiger partial charge in [0, 0.05) is 47.6 Å². The lowest BCUT2D eigenvalue weighted by Crippen LogP contribution is -2.45. The SMILES string of the molecule is CC1CN(c2ccc(CNc3ccnc4cc(Br)ccc34)cn2)CC(C)O1. The van der Waals surface area contributed by atoms with Crippen molar-refractivity contribution >= 4 is 38.3 Å². The van der Waals surface area contributed by atoms with Gasteiger partial charge in [-0.15, -0.1) is 0 Å². The number of ether oxygens (including phenoxy) is 1. The predicted octanol–water partition coefficient (Wildman–Crippen LogP) is 4.62. The highest BCUT2D eigenvalue weighted by Crippen LogP contribution is 2.25. The van der Waals surface area contributed by atoms with Crippen LogP contribution in [0.3, 0.4) is 0 Å². The van der Waals surface area contributed by atoms with Gasteiger partial charge in [0.05, 0.1) is 17.7 Å². The molecule has 2 atom stereocenters. The van der Waals surface area contributed by atoms with E-state index in [4.69, 9.17) is 4.74 Å². The molecular weight excluding hydrogens is 404 g/mol. The first-order valence-electron chi connectivity index (χ1n) is 9.22. The molecule has 0 bridgehead atoms. The third-order valence-electron chi connectivity index (χ3n) is 4.74. The highest BCUT2D eigenvalue weighted by molar-refractivity contribution is 9.10. The van der Waals surface area contributed by atoms with Crippen molar-refractivity contribution in [3.63, 3.8) is 0 Å². The minimum atomic E-state index is 0.233. The van der Waals surface area contributed by atoms with E-state index < -0.39 is 0 Å². The number of aromatic nitrogens is 2. The summed E-state index contributed by atoms with van der Waals surface area (Å²) < 4.78 is 6.84. The van der Waals surface area contributed by atoms with Crippen LogP contribution in [0.2, 0.25) is 0 Å². The molecule has 140 valence electrons. The number of halogens is 1. The van der Waals surface area contributed by atoms with Crippen LogP contribution in [-0.2, 0) is 11.3 Å². The number of nitrogens with zero attached hydrogens (tertiary/aromatic N) is 3. The Kier molecular flexibility index (Phi) is 5.27. The molecule has 1 N–H and O–H groups in total. The first-order chi connectivity index (χ1) is 13.1. The molecule has 1 aliphatic heterocycles. The standard InChI is InChI=1S/C21H23BrN4O/c1-14-12-26(13-15(2)27-14)21-6-3-16(11-25-21)10-24-19-7-8-23-20-9-17(22)4-5-18(19)20/h3-9,11,14-15H,10,12-13H2,1-2H3,(H,23,24). The second-order valence-electron chi connectivity index (χ2n) is 7.06. The average molecular weight is 427 g/mol. The van der Waals surface area contributed by atoms with Crippen molar-refractivity contribution < 1.29 is 4.74 Å². The molecule has 1 fully saturated rings. The first-order valence-corrected chi connectivity index (χ1v) is 10.0. The molecule has 4 rings (SSSR count). The Morgan fingerprint density at radius 3 is 2.67 bits per heavy atom. The molecule has 0 spiro atoms. The number of hydrogen-bond acceptors (Lipinski definition) is 5. The van der Waals surface area contributed by atoms with Gasteiger partial charge in [-0.3, -0.25) is 4.98 Å². The Labute approximate surface area is 167 Å². The fourth-order valence-corrected chi connectivity index (χ4v) is 3.89. The molecule has 1 aliphatic rings. The summed E-state index contributed by atoms with van der Waals surface area (Å²) in [6.45, 7) is 6.70. The number of rotatable bonds is 4. The van der Waals surface area contributed by atoms with Crippen LogP contribution in [0, 0.1) is 0 Å². The van der Waals surface area contributed by atoms with Crippen LogP contribution >= 0.6 is 15.9 Å². The summed E-state index contributed by atoms with van der Waals surface area (Å²) in [5.41, 5.74) is 3.20. The number of morpholine rings is 1. The lowest BCUT2D eigenvalue weighted by molar-refractivity contribution is -0.00545. The number of nitrogens with one attached hydrogen (secondary N) is 1. The van der Waals surface area contributed by atoms with E-state index in [1.807, 2.05) is 30.6 Å². The number of pyridine rings is 2. The maximum Gasteiger partial charge on any atom is 0.128 e. The normalized spacial score (nSPS) is 20.0. The Bertz CT molecular complexity index is 921. The van der Waals surface area contributed by atoms with Crippen molar-refractivity contribution in [2.45, 2.75) is 32.6 Å². The van der Waals surface area contributed by atoms with Crippen LogP contribution in [0.15, 0.2) is 53.3 Å². The maximum atomic E-state index is 5.80. The molecule has 3 aromatic rings. The van der Waals surface area contributed by atoms with E-state index in [1.54, 1.807) is 0 Å². The average Bonchev–Trinajstić information content (AvgIpc) is 2.65. The van der Waals surface area contributed by atoms with E-state index in [1.165, 1.54) is 0 Å². The van der Waals surface area contributed by atoms with Gasteiger partial charge in [-0.1, -0.05) is 22.0 Å². The molecule has 1 aromatic carbocycles. The highest BCUT2D eigenvalue weighted by atomic mass is 79.9. The quantitative estimate of drug-likeness (QED) is 0.659. The van der Waals surface area contributed by atoms with Crippen LogP contribution in [0.4, 0.5) is 11.5 Å². The van der Waals surface area contributed by atoms with Crippen molar-refractivity contribution in [3.05, 3.63) is 58.8 Å². The summed E-state index contributed by atoms with van der Waals surface area (Å²) in [4.78, 5) is 11.4. The maximum absolute atomic E-state index is 5.80. The lowest BCUT2D eigenvalue weighted by atomic mass is 10.2. The Morgan fingerprint density at radius 2 is 1.93 bits per heavy atom. The van der Waals surface area contributed by atoms with E-state index in [2.05, 4.69) is 68.2 Å². The molecule has 2 unspecified atom stereocenters. The first kappa shape index (κ1) is 18.2. The molecule has 0 amide bonds. The second-order valence-corrected chi connectivity index (χ2v) is 7.98. The number of fused-ring (bicyclic) bond motifs is 1. The van der Waals surface area contributed by atoms with Crippen molar-refractivity contribution in [1.29, 1.82) is 0 Å². The van der Waals surface area contributed by atoms with E-state index in [0.717, 1.165) is 52.1 Å². The van der Waals surface area contributed by atoms with Crippen molar-refractivity contribution in [2.24, 2.45) is 0 Å². The third-order valence-corrected chi connectivity index (χ3v) is 5.23. The van der Waals surface area contributed by atoms with Crippen molar-refractivity contribution in [2.75, 3.05) is 23.3 Å². The van der Waals surface area contributed by atoms with Gasteiger partial charge in [-0.25, -0.2) is 4.98 Å². The van der Waals surface area contributed by atoms with Crippen LogP contribution < -0.4 is 10.2 Å². The van der Waals surface area contributed by atoms with Gasteiger partial charge in [0.2, 0.25) is 0 Å². The van der Waals surface area contributed by atoms with Gasteiger partial charge in [-0.2, -0.15) is 0 Å². The van der Waals surface area contributed by atoms with E-state index in [9.17, 15) is 0 Å². The van der Waals surface area contributed by atoms with Gasteiger partial charge in [-0.05, 0) is 49.7 Å². The van der Waals surface area contributed by atoms with Gasteiger partial charge >= 0.3 is 0 Å². The zero-order valence-corrected chi connectivity index (χ0v) is 17.1. The molecule has 5 nitrogen and oxygen atoms in total. The summed E-state index contributed by atoms with van der Waals surface area (Å²) in [7, 11) is 0. The van der Waals surface area contributed by atoms with Gasteiger partial charge < -0.3 is 15.0 Å². The molecule has 2 aromatic heterocycles. The molecule has 27 heavy (non-hydrogen) atoms. The molecular formula is C21H23BrN4O. The molecule has 0 saturated carbocycles. The smallest absolute Gasteiger partial charge is 0.128 e. The molecule has 0 radical (unpaired) electrons. The van der Waals surface area contributed by atoms with Gasteiger partial charge in [0.15, 0.2) is 0 Å². The lowest BCUT2D eigenvalue weighted by Gasteiger charge is -2.36. The number of hydrogen-bond donors (Lipinski definition) is 1. The van der Waals surface area contributed by atoms with Crippen LogP contribution in [0.5, 0.6) is 0 Å². The molecule has 3 heterocycles. The second kappa shape index (κ2) is 7.82.